The molecule has 0 saturated heterocycles. The summed E-state index contributed by atoms with van der Waals surface area (Å²) in [5.41, 5.74) is 0.916. The number of rotatable bonds is 13. The standard InChI is InChI=1S/C29H26Cl2N10O7S2/c1-41(13-14-42)29-38-25(31)37-28(40-29)34-21-12-10-18(23(16-21)50(46,47)48)8-7-17-9-11-20(15-22(17)49(43,44)45)33-27-36-24(30)35-26(39-27)32-19-5-3-2-4-6-19/h2-12,15-16,42H,13-14H2,1H3,(H,43,44,45)(H,46,47,48)(H,34,37,38,40)(H2,32,33,35,36,39)/b8-7+. The maximum atomic E-state index is 12.4. The van der Waals surface area contributed by atoms with Crippen LogP contribution in [0.2, 0.25) is 10.6 Å². The highest BCUT2D eigenvalue weighted by Crippen LogP contribution is 2.28. The third-order valence-electron chi connectivity index (χ3n) is 6.55. The van der Waals surface area contributed by atoms with E-state index in [4.69, 9.17) is 23.2 Å². The summed E-state index contributed by atoms with van der Waals surface area (Å²) in [4.78, 5) is 24.8. The van der Waals surface area contributed by atoms with E-state index in [1.807, 2.05) is 6.07 Å². The van der Waals surface area contributed by atoms with Crippen LogP contribution < -0.4 is 20.9 Å². The zero-order valence-electron chi connectivity index (χ0n) is 25.6. The lowest BCUT2D eigenvalue weighted by Crippen LogP contribution is -2.24. The third kappa shape index (κ3) is 9.57. The zero-order valence-corrected chi connectivity index (χ0v) is 28.7. The van der Waals surface area contributed by atoms with E-state index in [0.717, 1.165) is 12.1 Å². The van der Waals surface area contributed by atoms with Gasteiger partial charge in [-0.15, -0.1) is 0 Å². The number of aliphatic hydroxyl groups excluding tert-OH is 1. The van der Waals surface area contributed by atoms with Crippen LogP contribution in [0.3, 0.4) is 0 Å². The van der Waals surface area contributed by atoms with E-state index in [2.05, 4.69) is 45.9 Å². The predicted molar refractivity (Wildman–Crippen MR) is 188 cm³/mol. The number of aliphatic hydroxyl groups is 1. The van der Waals surface area contributed by atoms with Crippen LogP contribution in [-0.4, -0.2) is 81.2 Å². The van der Waals surface area contributed by atoms with Crippen LogP contribution >= 0.6 is 23.2 Å². The number of benzene rings is 3. The molecule has 5 rings (SSSR count). The molecule has 260 valence electrons. The highest BCUT2D eigenvalue weighted by atomic mass is 35.5. The molecule has 3 aromatic carbocycles. The molecule has 21 heteroatoms. The van der Waals surface area contributed by atoms with Crippen molar-refractivity contribution < 1.29 is 31.0 Å². The van der Waals surface area contributed by atoms with Crippen molar-refractivity contribution in [1.82, 2.24) is 29.9 Å². The van der Waals surface area contributed by atoms with Gasteiger partial charge in [-0.25, -0.2) is 0 Å². The first-order chi connectivity index (χ1) is 23.7. The molecule has 5 aromatic rings. The topological polar surface area (TPSA) is 246 Å². The lowest BCUT2D eigenvalue weighted by molar-refractivity contribution is 0.303. The molecule has 0 spiro atoms. The van der Waals surface area contributed by atoms with Crippen molar-refractivity contribution in [2.24, 2.45) is 0 Å². The minimum atomic E-state index is -4.82. The molecule has 0 fully saturated rings. The van der Waals surface area contributed by atoms with Gasteiger partial charge in [-0.1, -0.05) is 42.5 Å². The summed E-state index contributed by atoms with van der Waals surface area (Å²) >= 11 is 12.1. The third-order valence-corrected chi connectivity index (χ3v) is 8.71. The number of likely N-dealkylation sites (N-methyl/N-ethyl adjacent to an activating group) is 1. The summed E-state index contributed by atoms with van der Waals surface area (Å²) in [6.07, 6.45) is 2.47. The fourth-order valence-electron chi connectivity index (χ4n) is 4.31. The summed E-state index contributed by atoms with van der Waals surface area (Å²) in [5.74, 6) is 0.154. The molecule has 6 N–H and O–H groups in total. The monoisotopic (exact) mass is 760 g/mol. The van der Waals surface area contributed by atoms with Gasteiger partial charge in [0.1, 0.15) is 9.79 Å². The summed E-state index contributed by atoms with van der Waals surface area (Å²) in [6, 6.07) is 16.8. The summed E-state index contributed by atoms with van der Waals surface area (Å²) in [5, 5.41) is 17.4. The van der Waals surface area contributed by atoms with E-state index in [1.54, 1.807) is 31.3 Å². The van der Waals surface area contributed by atoms with Gasteiger partial charge >= 0.3 is 0 Å². The quantitative estimate of drug-likeness (QED) is 0.0704. The van der Waals surface area contributed by atoms with Gasteiger partial charge in [0.05, 0.1) is 6.61 Å². The first-order valence-corrected chi connectivity index (χ1v) is 17.7. The van der Waals surface area contributed by atoms with Gasteiger partial charge < -0.3 is 26.0 Å². The Morgan fingerprint density at radius 3 is 1.60 bits per heavy atom. The smallest absolute Gasteiger partial charge is 0.295 e. The van der Waals surface area contributed by atoms with Gasteiger partial charge in [0.2, 0.25) is 34.4 Å². The Labute approximate surface area is 295 Å². The molecule has 0 bridgehead atoms. The number of hydrogen-bond donors (Lipinski definition) is 6. The fraction of sp³-hybridized carbons (Fsp3) is 0.103. The second-order valence-electron chi connectivity index (χ2n) is 10.2. The molecular formula is C29H26Cl2N10O7S2. The maximum Gasteiger partial charge on any atom is 0.295 e. The molecule has 17 nitrogen and oxygen atoms in total. The normalized spacial score (nSPS) is 11.8. The Morgan fingerprint density at radius 2 is 1.12 bits per heavy atom. The predicted octanol–water partition coefficient (Wildman–Crippen LogP) is 4.69. The van der Waals surface area contributed by atoms with Gasteiger partial charge in [0, 0.05) is 30.7 Å². The van der Waals surface area contributed by atoms with Gasteiger partial charge in [0.25, 0.3) is 20.2 Å². The molecule has 0 unspecified atom stereocenters. The van der Waals surface area contributed by atoms with Crippen LogP contribution in [-0.2, 0) is 20.2 Å². The van der Waals surface area contributed by atoms with E-state index in [9.17, 15) is 31.0 Å². The highest BCUT2D eigenvalue weighted by Gasteiger charge is 2.19. The minimum absolute atomic E-state index is 0.0268. The Kier molecular flexibility index (Phi) is 11.1. The van der Waals surface area contributed by atoms with Gasteiger partial charge in [0.15, 0.2) is 0 Å². The molecule has 0 amide bonds. The number of anilines is 7. The van der Waals surface area contributed by atoms with E-state index in [-0.39, 0.29) is 70.0 Å². The van der Waals surface area contributed by atoms with Crippen molar-refractivity contribution in [1.29, 1.82) is 0 Å². The van der Waals surface area contributed by atoms with Crippen molar-refractivity contribution in [3.8, 4) is 0 Å². The second kappa shape index (κ2) is 15.3. The van der Waals surface area contributed by atoms with Crippen molar-refractivity contribution in [3.05, 3.63) is 88.4 Å². The SMILES string of the molecule is CN(CCO)c1nc(Cl)nc(Nc2ccc(/C=C/c3ccc(Nc4nc(Cl)nc(Nc5ccccc5)n4)cc3S(=O)(=O)O)c(S(=O)(=O)O)c2)n1. The summed E-state index contributed by atoms with van der Waals surface area (Å²) < 4.78 is 69.5. The Balaban J connectivity index is 1.42. The lowest BCUT2D eigenvalue weighted by atomic mass is 10.1. The molecule has 2 aromatic heterocycles. The number of aromatic nitrogens is 6. The van der Waals surface area contributed by atoms with Crippen LogP contribution in [0, 0.1) is 0 Å². The average Bonchev–Trinajstić information content (AvgIpc) is 3.03. The van der Waals surface area contributed by atoms with Gasteiger partial charge in [-0.2, -0.15) is 46.7 Å². The van der Waals surface area contributed by atoms with Crippen molar-refractivity contribution in [3.63, 3.8) is 0 Å². The van der Waals surface area contributed by atoms with E-state index < -0.39 is 30.0 Å². The fourth-order valence-corrected chi connectivity index (χ4v) is 6.05. The molecular weight excluding hydrogens is 735 g/mol. The largest absolute Gasteiger partial charge is 0.395 e. The summed E-state index contributed by atoms with van der Waals surface area (Å²) in [6.45, 7) is 0.0280. The van der Waals surface area contributed by atoms with Crippen molar-refractivity contribution in [2.75, 3.05) is 41.0 Å². The second-order valence-corrected chi connectivity index (χ2v) is 13.6. The lowest BCUT2D eigenvalue weighted by Gasteiger charge is -2.16. The number of hydrogen-bond acceptors (Lipinski definition) is 15. The molecule has 0 aliphatic rings. The van der Waals surface area contributed by atoms with Crippen LogP contribution in [0.15, 0.2) is 76.5 Å². The maximum absolute atomic E-state index is 12.4. The van der Waals surface area contributed by atoms with E-state index in [0.29, 0.717) is 5.69 Å². The first kappa shape index (κ1) is 36.3. The molecule has 0 aliphatic heterocycles. The Bertz CT molecular complexity index is 2280. The van der Waals surface area contributed by atoms with Crippen molar-refractivity contribution in [2.45, 2.75) is 9.79 Å². The van der Waals surface area contributed by atoms with Crippen LogP contribution in [0.25, 0.3) is 12.2 Å². The van der Waals surface area contributed by atoms with E-state index in [1.165, 1.54) is 41.3 Å². The van der Waals surface area contributed by atoms with Crippen molar-refractivity contribution >= 4 is 96.4 Å². The molecule has 50 heavy (non-hydrogen) atoms. The summed E-state index contributed by atoms with van der Waals surface area (Å²) in [7, 11) is -8.01. The van der Waals surface area contributed by atoms with Crippen LogP contribution in [0.5, 0.6) is 0 Å². The highest BCUT2D eigenvalue weighted by molar-refractivity contribution is 7.86. The first-order valence-electron chi connectivity index (χ1n) is 14.1. The Morgan fingerprint density at radius 1 is 0.660 bits per heavy atom. The number of nitrogens with one attached hydrogen (secondary N) is 3. The number of para-hydroxylation sites is 1. The minimum Gasteiger partial charge on any atom is -0.395 e. The number of nitrogens with zero attached hydrogens (tertiary/aromatic N) is 7. The zero-order chi connectivity index (χ0) is 36.1. The number of halogens is 2. The van der Waals surface area contributed by atoms with E-state index >= 15 is 0 Å². The average molecular weight is 762 g/mol. The molecule has 0 atom stereocenters. The molecule has 0 aliphatic carbocycles. The Hall–Kier alpha value is -5.02. The van der Waals surface area contributed by atoms with Crippen LogP contribution in [0.1, 0.15) is 11.1 Å². The van der Waals surface area contributed by atoms with Crippen LogP contribution in [0.4, 0.5) is 40.9 Å². The molecule has 0 radical (unpaired) electrons. The molecule has 2 heterocycles. The van der Waals surface area contributed by atoms with Gasteiger partial charge in [-0.05, 0) is 70.7 Å². The molecule has 0 saturated carbocycles. The van der Waals surface area contributed by atoms with Gasteiger partial charge in [-0.3, -0.25) is 9.11 Å².